The van der Waals surface area contributed by atoms with Crippen molar-refractivity contribution in [3.05, 3.63) is 53.2 Å². The van der Waals surface area contributed by atoms with Gasteiger partial charge >= 0.3 is 0 Å². The lowest BCUT2D eigenvalue weighted by molar-refractivity contribution is 0.591. The predicted octanol–water partition coefficient (Wildman–Crippen LogP) is 2.78. The second kappa shape index (κ2) is 5.56. The van der Waals surface area contributed by atoms with Crippen LogP contribution in [0.2, 0.25) is 0 Å². The van der Waals surface area contributed by atoms with Gasteiger partial charge in [-0.1, -0.05) is 6.07 Å². The van der Waals surface area contributed by atoms with Crippen LogP contribution in [-0.4, -0.2) is 17.0 Å². The Hall–Kier alpha value is -1.98. The standard InChI is InChI=1S/C15H16N4S/c1-17-13(7-10-3-2-5-18-15(10)16)11-8-14-12(19-9-11)4-6-20-14/h2-6,8-9,13,17H,7H2,1H3,(H2,16,18). The minimum absolute atomic E-state index is 0.181. The highest BCUT2D eigenvalue weighted by Gasteiger charge is 2.13. The van der Waals surface area contributed by atoms with E-state index in [0.29, 0.717) is 5.82 Å². The summed E-state index contributed by atoms with van der Waals surface area (Å²) < 4.78 is 1.21. The summed E-state index contributed by atoms with van der Waals surface area (Å²) in [5, 5.41) is 5.40. The van der Waals surface area contributed by atoms with Gasteiger partial charge in [-0.2, -0.15) is 0 Å². The topological polar surface area (TPSA) is 63.8 Å². The van der Waals surface area contributed by atoms with Crippen LogP contribution in [0.15, 0.2) is 42.0 Å². The molecule has 0 saturated carbocycles. The van der Waals surface area contributed by atoms with Crippen LogP contribution in [0.5, 0.6) is 0 Å². The molecule has 3 heterocycles. The summed E-state index contributed by atoms with van der Waals surface area (Å²) >= 11 is 1.71. The second-order valence-corrected chi connectivity index (χ2v) is 5.61. The van der Waals surface area contributed by atoms with Gasteiger partial charge in [-0.3, -0.25) is 4.98 Å². The SMILES string of the molecule is CNC(Cc1cccnc1N)c1cnc2ccsc2c1. The van der Waals surface area contributed by atoms with Crippen molar-refractivity contribution in [2.75, 3.05) is 12.8 Å². The van der Waals surface area contributed by atoms with Crippen LogP contribution in [-0.2, 0) is 6.42 Å². The summed E-state index contributed by atoms with van der Waals surface area (Å²) in [7, 11) is 1.95. The Morgan fingerprint density at radius 3 is 3.05 bits per heavy atom. The molecular weight excluding hydrogens is 268 g/mol. The molecular formula is C15H16N4S. The molecule has 0 aliphatic rings. The molecule has 1 atom stereocenters. The van der Waals surface area contributed by atoms with Gasteiger partial charge in [0.15, 0.2) is 0 Å². The van der Waals surface area contributed by atoms with Crippen molar-refractivity contribution in [1.29, 1.82) is 0 Å². The highest BCUT2D eigenvalue weighted by Crippen LogP contribution is 2.25. The molecule has 3 aromatic rings. The number of thiophene rings is 1. The number of nitrogen functional groups attached to an aromatic ring is 1. The maximum Gasteiger partial charge on any atom is 0.126 e. The van der Waals surface area contributed by atoms with Crippen LogP contribution in [0.3, 0.4) is 0 Å². The Morgan fingerprint density at radius 1 is 1.35 bits per heavy atom. The van der Waals surface area contributed by atoms with E-state index in [0.717, 1.165) is 17.5 Å². The number of fused-ring (bicyclic) bond motifs is 1. The fraction of sp³-hybridized carbons (Fsp3) is 0.200. The number of pyridine rings is 2. The van der Waals surface area contributed by atoms with E-state index < -0.39 is 0 Å². The molecule has 4 nitrogen and oxygen atoms in total. The van der Waals surface area contributed by atoms with E-state index in [1.165, 1.54) is 10.3 Å². The molecule has 0 aromatic carbocycles. The lowest BCUT2D eigenvalue weighted by atomic mass is 10.0. The first-order valence-electron chi connectivity index (χ1n) is 6.47. The Kier molecular flexibility index (Phi) is 3.62. The molecule has 0 aliphatic heterocycles. The van der Waals surface area contributed by atoms with Crippen LogP contribution in [0.25, 0.3) is 10.2 Å². The van der Waals surface area contributed by atoms with E-state index in [4.69, 9.17) is 5.73 Å². The van der Waals surface area contributed by atoms with E-state index >= 15 is 0 Å². The number of likely N-dealkylation sites (N-methyl/N-ethyl adjacent to an activating group) is 1. The average molecular weight is 284 g/mol. The lowest BCUT2D eigenvalue weighted by Crippen LogP contribution is -2.19. The zero-order valence-corrected chi connectivity index (χ0v) is 12.0. The molecule has 3 rings (SSSR count). The number of anilines is 1. The molecule has 20 heavy (non-hydrogen) atoms. The molecule has 0 bridgehead atoms. The van der Waals surface area contributed by atoms with Crippen LogP contribution in [0.1, 0.15) is 17.2 Å². The smallest absolute Gasteiger partial charge is 0.126 e. The van der Waals surface area contributed by atoms with Crippen molar-refractivity contribution in [1.82, 2.24) is 15.3 Å². The maximum atomic E-state index is 5.92. The number of nitrogens with zero attached hydrogens (tertiary/aromatic N) is 2. The fourth-order valence-corrected chi connectivity index (χ4v) is 3.07. The number of nitrogens with two attached hydrogens (primary N) is 1. The molecule has 0 saturated heterocycles. The molecule has 3 N–H and O–H groups in total. The van der Waals surface area contributed by atoms with Gasteiger partial charge in [0.1, 0.15) is 5.82 Å². The van der Waals surface area contributed by atoms with Gasteiger partial charge in [0, 0.05) is 18.4 Å². The lowest BCUT2D eigenvalue weighted by Gasteiger charge is -2.17. The molecule has 1 unspecified atom stereocenters. The Labute approximate surface area is 121 Å². The van der Waals surface area contributed by atoms with Gasteiger partial charge in [-0.05, 0) is 48.2 Å². The minimum atomic E-state index is 0.181. The largest absolute Gasteiger partial charge is 0.383 e. The molecule has 0 radical (unpaired) electrons. The van der Waals surface area contributed by atoms with E-state index in [1.807, 2.05) is 31.4 Å². The first-order valence-corrected chi connectivity index (χ1v) is 7.35. The summed E-state index contributed by atoms with van der Waals surface area (Å²) in [4.78, 5) is 8.64. The van der Waals surface area contributed by atoms with Crippen LogP contribution in [0.4, 0.5) is 5.82 Å². The monoisotopic (exact) mass is 284 g/mol. The molecule has 5 heteroatoms. The summed E-state index contributed by atoms with van der Waals surface area (Å²) in [6.45, 7) is 0. The summed E-state index contributed by atoms with van der Waals surface area (Å²) in [5.74, 6) is 0.595. The van der Waals surface area contributed by atoms with Crippen molar-refractivity contribution in [3.63, 3.8) is 0 Å². The van der Waals surface area contributed by atoms with Crippen molar-refractivity contribution in [3.8, 4) is 0 Å². The summed E-state index contributed by atoms with van der Waals surface area (Å²) in [6, 6.07) is 8.35. The molecule has 0 fully saturated rings. The minimum Gasteiger partial charge on any atom is -0.383 e. The molecule has 102 valence electrons. The van der Waals surface area contributed by atoms with E-state index in [2.05, 4.69) is 26.7 Å². The number of hydrogen-bond acceptors (Lipinski definition) is 5. The third-order valence-corrected chi connectivity index (χ3v) is 4.28. The Bertz CT molecular complexity index is 722. The van der Waals surface area contributed by atoms with Crippen molar-refractivity contribution in [2.24, 2.45) is 0 Å². The first-order chi connectivity index (χ1) is 9.78. The van der Waals surface area contributed by atoms with Gasteiger partial charge in [0.05, 0.1) is 10.2 Å². The highest BCUT2D eigenvalue weighted by molar-refractivity contribution is 7.17. The third kappa shape index (κ3) is 2.50. The van der Waals surface area contributed by atoms with Crippen molar-refractivity contribution in [2.45, 2.75) is 12.5 Å². The van der Waals surface area contributed by atoms with Gasteiger partial charge in [-0.25, -0.2) is 4.98 Å². The molecule has 0 aliphatic carbocycles. The Balaban J connectivity index is 1.91. The molecule has 0 amide bonds. The first kappa shape index (κ1) is 13.0. The maximum absolute atomic E-state index is 5.92. The van der Waals surface area contributed by atoms with Crippen LogP contribution in [0, 0.1) is 0 Å². The third-order valence-electron chi connectivity index (χ3n) is 3.42. The van der Waals surface area contributed by atoms with Gasteiger partial charge < -0.3 is 11.1 Å². The Morgan fingerprint density at radius 2 is 2.25 bits per heavy atom. The number of aromatic nitrogens is 2. The van der Waals surface area contributed by atoms with Crippen LogP contribution >= 0.6 is 11.3 Å². The fourth-order valence-electron chi connectivity index (χ4n) is 2.28. The normalized spacial score (nSPS) is 12.7. The quantitative estimate of drug-likeness (QED) is 0.773. The van der Waals surface area contributed by atoms with Crippen molar-refractivity contribution >= 4 is 27.4 Å². The highest BCUT2D eigenvalue weighted by atomic mass is 32.1. The predicted molar refractivity (Wildman–Crippen MR) is 83.8 cm³/mol. The van der Waals surface area contributed by atoms with Crippen molar-refractivity contribution < 1.29 is 0 Å². The number of hydrogen-bond donors (Lipinski definition) is 2. The zero-order valence-electron chi connectivity index (χ0n) is 11.2. The summed E-state index contributed by atoms with van der Waals surface area (Å²) in [6.07, 6.45) is 4.45. The average Bonchev–Trinajstić information content (AvgIpc) is 2.94. The van der Waals surface area contributed by atoms with Gasteiger partial charge in [0.25, 0.3) is 0 Å². The van der Waals surface area contributed by atoms with E-state index in [9.17, 15) is 0 Å². The van der Waals surface area contributed by atoms with Gasteiger partial charge in [0.2, 0.25) is 0 Å². The van der Waals surface area contributed by atoms with E-state index in [-0.39, 0.29) is 6.04 Å². The molecule has 3 aromatic heterocycles. The zero-order chi connectivity index (χ0) is 13.9. The second-order valence-electron chi connectivity index (χ2n) is 4.67. The van der Waals surface area contributed by atoms with Gasteiger partial charge in [-0.15, -0.1) is 11.3 Å². The molecule has 0 spiro atoms. The number of nitrogens with one attached hydrogen (secondary N) is 1. The number of rotatable bonds is 4. The summed E-state index contributed by atoms with van der Waals surface area (Å²) in [5.41, 5.74) is 9.20. The van der Waals surface area contributed by atoms with Crippen LogP contribution < -0.4 is 11.1 Å². The van der Waals surface area contributed by atoms with E-state index in [1.54, 1.807) is 17.5 Å².